The summed E-state index contributed by atoms with van der Waals surface area (Å²) < 4.78 is 1.14. The first kappa shape index (κ1) is 16.8. The lowest BCUT2D eigenvalue weighted by molar-refractivity contribution is 0.258. The van der Waals surface area contributed by atoms with Crippen molar-refractivity contribution in [1.82, 2.24) is 4.90 Å². The van der Waals surface area contributed by atoms with E-state index in [1.807, 2.05) is 0 Å². The zero-order valence-electron chi connectivity index (χ0n) is 13.5. The van der Waals surface area contributed by atoms with E-state index >= 15 is 0 Å². The molecule has 2 rings (SSSR count). The minimum Gasteiger partial charge on any atom is -0.370 e. The number of nitrogens with zero attached hydrogens (tertiary/aromatic N) is 2. The maximum absolute atomic E-state index is 6.19. The van der Waals surface area contributed by atoms with Crippen LogP contribution in [0, 0.1) is 0 Å². The van der Waals surface area contributed by atoms with Crippen LogP contribution >= 0.6 is 15.9 Å². The maximum Gasteiger partial charge on any atom is 0.0400 e. The van der Waals surface area contributed by atoms with Crippen molar-refractivity contribution in [3.05, 3.63) is 28.2 Å². The summed E-state index contributed by atoms with van der Waals surface area (Å²) in [7, 11) is 4.37. The third-order valence-corrected chi connectivity index (χ3v) is 5.01. The summed E-state index contributed by atoms with van der Waals surface area (Å²) in [6.45, 7) is 4.43. The fraction of sp³-hybridized carbons (Fsp3) is 0.647. The fourth-order valence-corrected chi connectivity index (χ4v) is 3.46. The van der Waals surface area contributed by atoms with E-state index in [-0.39, 0.29) is 6.04 Å². The second-order valence-electron chi connectivity index (χ2n) is 6.35. The van der Waals surface area contributed by atoms with Gasteiger partial charge in [0, 0.05) is 35.3 Å². The van der Waals surface area contributed by atoms with E-state index in [4.69, 9.17) is 5.73 Å². The first-order valence-electron chi connectivity index (χ1n) is 7.96. The van der Waals surface area contributed by atoms with Crippen LogP contribution in [0.25, 0.3) is 0 Å². The molecule has 1 aliphatic heterocycles. The third kappa shape index (κ3) is 4.44. The molecule has 4 heteroatoms. The van der Waals surface area contributed by atoms with Gasteiger partial charge in [-0.15, -0.1) is 0 Å². The number of halogens is 1. The maximum atomic E-state index is 6.19. The Morgan fingerprint density at radius 2 is 2.19 bits per heavy atom. The van der Waals surface area contributed by atoms with Crippen LogP contribution < -0.4 is 10.6 Å². The molecular weight excluding hydrogens is 326 g/mol. The molecule has 0 aromatic heterocycles. The van der Waals surface area contributed by atoms with Crippen molar-refractivity contribution >= 4 is 21.6 Å². The lowest BCUT2D eigenvalue weighted by Crippen LogP contribution is -2.45. The Hall–Kier alpha value is -0.580. The third-order valence-electron chi connectivity index (χ3n) is 4.52. The van der Waals surface area contributed by atoms with E-state index in [9.17, 15) is 0 Å². The van der Waals surface area contributed by atoms with Crippen LogP contribution in [-0.4, -0.2) is 44.2 Å². The molecule has 2 N–H and O–H groups in total. The van der Waals surface area contributed by atoms with E-state index in [0.717, 1.165) is 30.4 Å². The fourth-order valence-electron chi connectivity index (χ4n) is 3.05. The van der Waals surface area contributed by atoms with E-state index in [0.29, 0.717) is 6.04 Å². The Bertz CT molecular complexity index is 461. The number of benzene rings is 1. The highest BCUT2D eigenvalue weighted by atomic mass is 79.9. The largest absolute Gasteiger partial charge is 0.370 e. The zero-order chi connectivity index (χ0) is 15.4. The van der Waals surface area contributed by atoms with Crippen LogP contribution in [-0.2, 0) is 6.42 Å². The van der Waals surface area contributed by atoms with Gasteiger partial charge >= 0.3 is 0 Å². The first-order valence-corrected chi connectivity index (χ1v) is 8.76. The Kier molecular flexibility index (Phi) is 6.08. The van der Waals surface area contributed by atoms with Crippen LogP contribution in [0.5, 0.6) is 0 Å². The molecular formula is C17H28BrN3. The summed E-state index contributed by atoms with van der Waals surface area (Å²) in [6, 6.07) is 7.53. The molecule has 1 aromatic carbocycles. The Labute approximate surface area is 137 Å². The topological polar surface area (TPSA) is 32.5 Å². The van der Waals surface area contributed by atoms with Gasteiger partial charge in [-0.05, 0) is 63.5 Å². The molecule has 1 heterocycles. The quantitative estimate of drug-likeness (QED) is 0.881. The van der Waals surface area contributed by atoms with Gasteiger partial charge in [0.1, 0.15) is 0 Å². The molecule has 0 spiro atoms. The summed E-state index contributed by atoms with van der Waals surface area (Å²) in [5, 5.41) is 0. The van der Waals surface area contributed by atoms with Gasteiger partial charge in [0.25, 0.3) is 0 Å². The highest BCUT2D eigenvalue weighted by Gasteiger charge is 2.23. The molecule has 2 atom stereocenters. The van der Waals surface area contributed by atoms with Crippen LogP contribution in [0.4, 0.5) is 5.69 Å². The Balaban J connectivity index is 2.21. The van der Waals surface area contributed by atoms with E-state index in [2.05, 4.69) is 64.9 Å². The molecule has 0 aliphatic carbocycles. The minimum atomic E-state index is 0.243. The highest BCUT2D eigenvalue weighted by molar-refractivity contribution is 9.10. The molecule has 1 aliphatic rings. The van der Waals surface area contributed by atoms with Crippen molar-refractivity contribution in [2.45, 2.75) is 44.7 Å². The smallest absolute Gasteiger partial charge is 0.0400 e. The van der Waals surface area contributed by atoms with Gasteiger partial charge < -0.3 is 15.5 Å². The van der Waals surface area contributed by atoms with Crippen molar-refractivity contribution in [2.75, 3.05) is 32.1 Å². The van der Waals surface area contributed by atoms with Gasteiger partial charge in [-0.25, -0.2) is 0 Å². The van der Waals surface area contributed by atoms with Gasteiger partial charge in [-0.1, -0.05) is 22.9 Å². The lowest BCUT2D eigenvalue weighted by Gasteiger charge is -2.38. The average Bonchev–Trinajstić information content (AvgIpc) is 2.47. The number of piperidine rings is 1. The normalized spacial score (nSPS) is 20.9. The molecule has 1 fully saturated rings. The predicted octanol–water partition coefficient (Wildman–Crippen LogP) is 3.26. The number of anilines is 1. The van der Waals surface area contributed by atoms with E-state index in [1.54, 1.807) is 0 Å². The van der Waals surface area contributed by atoms with Crippen LogP contribution in [0.1, 0.15) is 31.7 Å². The van der Waals surface area contributed by atoms with Gasteiger partial charge in [0.15, 0.2) is 0 Å². The van der Waals surface area contributed by atoms with Crippen molar-refractivity contribution < 1.29 is 0 Å². The second kappa shape index (κ2) is 7.61. The standard InChI is InChI=1S/C17H28BrN3/c1-4-15(19)11-13-10-14(18)7-8-17(13)21-9-5-6-16(12-21)20(2)3/h7-8,10,15-16H,4-6,9,11-12,19H2,1-3H3. The van der Waals surface area contributed by atoms with Crippen LogP contribution in [0.3, 0.4) is 0 Å². The van der Waals surface area contributed by atoms with Crippen molar-refractivity contribution in [1.29, 1.82) is 0 Å². The van der Waals surface area contributed by atoms with Crippen molar-refractivity contribution in [2.24, 2.45) is 5.73 Å². The second-order valence-corrected chi connectivity index (χ2v) is 7.27. The van der Waals surface area contributed by atoms with Crippen LogP contribution in [0.15, 0.2) is 22.7 Å². The van der Waals surface area contributed by atoms with Crippen LogP contribution in [0.2, 0.25) is 0 Å². The molecule has 21 heavy (non-hydrogen) atoms. The SMILES string of the molecule is CCC(N)Cc1cc(Br)ccc1N1CCCC(N(C)C)C1. The Morgan fingerprint density at radius 3 is 2.86 bits per heavy atom. The van der Waals surface area contributed by atoms with Crippen molar-refractivity contribution in [3.8, 4) is 0 Å². The molecule has 0 amide bonds. The molecule has 0 bridgehead atoms. The number of likely N-dealkylation sites (N-methyl/N-ethyl adjacent to an activating group) is 1. The van der Waals surface area contributed by atoms with Gasteiger partial charge in [-0.3, -0.25) is 0 Å². The molecule has 3 nitrogen and oxygen atoms in total. The summed E-state index contributed by atoms with van der Waals surface area (Å²) >= 11 is 3.60. The summed E-state index contributed by atoms with van der Waals surface area (Å²) in [4.78, 5) is 4.89. The zero-order valence-corrected chi connectivity index (χ0v) is 15.1. The predicted molar refractivity (Wildman–Crippen MR) is 95.0 cm³/mol. The molecule has 2 unspecified atom stereocenters. The minimum absolute atomic E-state index is 0.243. The van der Waals surface area contributed by atoms with Gasteiger partial charge in [0.2, 0.25) is 0 Å². The van der Waals surface area contributed by atoms with Gasteiger partial charge in [0.05, 0.1) is 0 Å². The number of rotatable bonds is 5. The molecule has 0 saturated carbocycles. The number of hydrogen-bond donors (Lipinski definition) is 1. The number of hydrogen-bond acceptors (Lipinski definition) is 3. The monoisotopic (exact) mass is 353 g/mol. The molecule has 0 radical (unpaired) electrons. The Morgan fingerprint density at radius 1 is 1.43 bits per heavy atom. The molecule has 1 aromatic rings. The average molecular weight is 354 g/mol. The summed E-state index contributed by atoms with van der Waals surface area (Å²) in [5.74, 6) is 0. The van der Waals surface area contributed by atoms with Crippen molar-refractivity contribution in [3.63, 3.8) is 0 Å². The number of nitrogens with two attached hydrogens (primary N) is 1. The summed E-state index contributed by atoms with van der Waals surface area (Å²) in [5.41, 5.74) is 8.93. The molecule has 1 saturated heterocycles. The summed E-state index contributed by atoms with van der Waals surface area (Å²) in [6.07, 6.45) is 4.53. The lowest BCUT2D eigenvalue weighted by atomic mass is 9.99. The first-order chi connectivity index (χ1) is 10.0. The van der Waals surface area contributed by atoms with Gasteiger partial charge in [-0.2, -0.15) is 0 Å². The van der Waals surface area contributed by atoms with E-state index in [1.165, 1.54) is 24.1 Å². The molecule has 118 valence electrons. The highest BCUT2D eigenvalue weighted by Crippen LogP contribution is 2.29. The van der Waals surface area contributed by atoms with E-state index < -0.39 is 0 Å².